The molecule has 1 aliphatic rings. The SMILES string of the molecule is CC(C)c1ccc(C2CN(C(=O)c3cccc(F)c3)CCO2)cc1. The Morgan fingerprint density at radius 1 is 1.21 bits per heavy atom. The van der Waals surface area contributed by atoms with Crippen molar-refractivity contribution in [2.24, 2.45) is 0 Å². The van der Waals surface area contributed by atoms with E-state index in [1.165, 1.54) is 17.7 Å². The Balaban J connectivity index is 1.73. The summed E-state index contributed by atoms with van der Waals surface area (Å²) in [5.74, 6) is -0.0612. The lowest BCUT2D eigenvalue weighted by molar-refractivity contribution is -0.0228. The van der Waals surface area contributed by atoms with Crippen LogP contribution in [-0.4, -0.2) is 30.5 Å². The van der Waals surface area contributed by atoms with Crippen LogP contribution in [0.1, 0.15) is 47.4 Å². The summed E-state index contributed by atoms with van der Waals surface area (Å²) in [5.41, 5.74) is 2.73. The number of benzene rings is 2. The molecule has 3 rings (SSSR count). The highest BCUT2D eigenvalue weighted by Gasteiger charge is 2.26. The van der Waals surface area contributed by atoms with E-state index in [1.54, 1.807) is 17.0 Å². The van der Waals surface area contributed by atoms with Crippen molar-refractivity contribution in [3.8, 4) is 0 Å². The molecule has 0 radical (unpaired) electrons. The number of carbonyl (C=O) groups excluding carboxylic acids is 1. The summed E-state index contributed by atoms with van der Waals surface area (Å²) in [6.45, 7) is 5.81. The molecule has 1 amide bonds. The first kappa shape index (κ1) is 16.7. The zero-order valence-corrected chi connectivity index (χ0v) is 14.0. The maximum absolute atomic E-state index is 13.3. The maximum atomic E-state index is 13.3. The van der Waals surface area contributed by atoms with Crippen LogP contribution in [0.25, 0.3) is 0 Å². The first-order valence-corrected chi connectivity index (χ1v) is 8.31. The number of hydrogen-bond donors (Lipinski definition) is 0. The van der Waals surface area contributed by atoms with Gasteiger partial charge < -0.3 is 9.64 Å². The second-order valence-corrected chi connectivity index (χ2v) is 6.44. The average Bonchev–Trinajstić information content (AvgIpc) is 2.61. The van der Waals surface area contributed by atoms with Crippen LogP contribution >= 0.6 is 0 Å². The van der Waals surface area contributed by atoms with E-state index in [-0.39, 0.29) is 12.0 Å². The van der Waals surface area contributed by atoms with E-state index in [2.05, 4.69) is 38.1 Å². The highest BCUT2D eigenvalue weighted by atomic mass is 19.1. The summed E-state index contributed by atoms with van der Waals surface area (Å²) in [4.78, 5) is 14.3. The number of hydrogen-bond acceptors (Lipinski definition) is 2. The second kappa shape index (κ2) is 7.14. The van der Waals surface area contributed by atoms with Crippen molar-refractivity contribution in [1.29, 1.82) is 0 Å². The molecule has 2 aromatic rings. The number of morpholine rings is 1. The van der Waals surface area contributed by atoms with Gasteiger partial charge in [-0.2, -0.15) is 0 Å². The molecule has 1 unspecified atom stereocenters. The lowest BCUT2D eigenvalue weighted by atomic mass is 9.99. The molecule has 0 spiro atoms. The largest absolute Gasteiger partial charge is 0.370 e. The van der Waals surface area contributed by atoms with Gasteiger partial charge in [-0.15, -0.1) is 0 Å². The third kappa shape index (κ3) is 3.65. The van der Waals surface area contributed by atoms with Gasteiger partial charge in [0.25, 0.3) is 5.91 Å². The van der Waals surface area contributed by atoms with E-state index in [0.29, 0.717) is 31.2 Å². The molecule has 0 aliphatic carbocycles. The van der Waals surface area contributed by atoms with Gasteiger partial charge in [-0.3, -0.25) is 4.79 Å². The van der Waals surface area contributed by atoms with Gasteiger partial charge in [0.05, 0.1) is 13.2 Å². The topological polar surface area (TPSA) is 29.5 Å². The van der Waals surface area contributed by atoms with E-state index in [4.69, 9.17) is 4.74 Å². The summed E-state index contributed by atoms with van der Waals surface area (Å²) in [7, 11) is 0. The van der Waals surface area contributed by atoms with Gasteiger partial charge in [-0.25, -0.2) is 4.39 Å². The zero-order valence-electron chi connectivity index (χ0n) is 14.0. The molecule has 0 aromatic heterocycles. The van der Waals surface area contributed by atoms with Crippen LogP contribution in [-0.2, 0) is 4.74 Å². The highest BCUT2D eigenvalue weighted by Crippen LogP contribution is 2.25. The normalized spacial score (nSPS) is 18.0. The average molecular weight is 327 g/mol. The van der Waals surface area contributed by atoms with Gasteiger partial charge in [0.15, 0.2) is 0 Å². The number of rotatable bonds is 3. The van der Waals surface area contributed by atoms with E-state index in [1.807, 2.05) is 0 Å². The Morgan fingerprint density at radius 3 is 2.62 bits per heavy atom. The number of carbonyl (C=O) groups is 1. The predicted molar refractivity (Wildman–Crippen MR) is 91.5 cm³/mol. The molecule has 1 saturated heterocycles. The van der Waals surface area contributed by atoms with Crippen LogP contribution in [0.4, 0.5) is 4.39 Å². The molecule has 0 N–H and O–H groups in total. The van der Waals surface area contributed by atoms with Crippen molar-refractivity contribution in [2.75, 3.05) is 19.7 Å². The maximum Gasteiger partial charge on any atom is 0.254 e. The van der Waals surface area contributed by atoms with Crippen LogP contribution in [0.2, 0.25) is 0 Å². The zero-order chi connectivity index (χ0) is 17.1. The van der Waals surface area contributed by atoms with Crippen LogP contribution in [0, 0.1) is 5.82 Å². The van der Waals surface area contributed by atoms with E-state index in [0.717, 1.165) is 5.56 Å². The fourth-order valence-electron chi connectivity index (χ4n) is 2.94. The van der Waals surface area contributed by atoms with E-state index < -0.39 is 5.82 Å². The monoisotopic (exact) mass is 327 g/mol. The Morgan fingerprint density at radius 2 is 1.96 bits per heavy atom. The summed E-state index contributed by atoms with van der Waals surface area (Å²) in [5, 5.41) is 0. The number of nitrogens with zero attached hydrogens (tertiary/aromatic N) is 1. The van der Waals surface area contributed by atoms with Crippen LogP contribution in [0.3, 0.4) is 0 Å². The molecular weight excluding hydrogens is 305 g/mol. The van der Waals surface area contributed by atoms with E-state index >= 15 is 0 Å². The Hall–Kier alpha value is -2.20. The highest BCUT2D eigenvalue weighted by molar-refractivity contribution is 5.94. The van der Waals surface area contributed by atoms with Crippen LogP contribution < -0.4 is 0 Å². The standard InChI is InChI=1S/C20H22FNO2/c1-14(2)15-6-8-16(9-7-15)19-13-22(10-11-24-19)20(23)17-4-3-5-18(21)12-17/h3-9,12,14,19H,10-11,13H2,1-2H3. The molecule has 0 bridgehead atoms. The smallest absolute Gasteiger partial charge is 0.254 e. The minimum atomic E-state index is -0.394. The van der Waals surface area contributed by atoms with Crippen LogP contribution in [0.5, 0.6) is 0 Å². The van der Waals surface area contributed by atoms with Crippen LogP contribution in [0.15, 0.2) is 48.5 Å². The molecule has 24 heavy (non-hydrogen) atoms. The summed E-state index contributed by atoms with van der Waals surface area (Å²) >= 11 is 0. The minimum Gasteiger partial charge on any atom is -0.370 e. The molecule has 2 aromatic carbocycles. The molecular formula is C20H22FNO2. The summed E-state index contributed by atoms with van der Waals surface area (Å²) in [6, 6.07) is 14.2. The van der Waals surface area contributed by atoms with E-state index in [9.17, 15) is 9.18 Å². The van der Waals surface area contributed by atoms with Gasteiger partial charge in [-0.1, -0.05) is 44.2 Å². The first-order chi connectivity index (χ1) is 11.5. The van der Waals surface area contributed by atoms with Gasteiger partial charge in [-0.05, 0) is 35.2 Å². The van der Waals surface area contributed by atoms with Crippen molar-refractivity contribution in [1.82, 2.24) is 4.90 Å². The number of amides is 1. The Bertz CT molecular complexity index is 712. The van der Waals surface area contributed by atoms with Crippen molar-refractivity contribution in [3.63, 3.8) is 0 Å². The Kier molecular flexibility index (Phi) is 4.95. The molecule has 3 nitrogen and oxygen atoms in total. The molecule has 1 atom stereocenters. The third-order valence-electron chi connectivity index (χ3n) is 4.40. The lowest BCUT2D eigenvalue weighted by Gasteiger charge is -2.33. The van der Waals surface area contributed by atoms with Gasteiger partial charge in [0.2, 0.25) is 0 Å². The van der Waals surface area contributed by atoms with Gasteiger partial charge >= 0.3 is 0 Å². The number of ether oxygens (including phenoxy) is 1. The van der Waals surface area contributed by atoms with Crippen molar-refractivity contribution in [3.05, 3.63) is 71.0 Å². The third-order valence-corrected chi connectivity index (χ3v) is 4.40. The molecule has 1 heterocycles. The lowest BCUT2D eigenvalue weighted by Crippen LogP contribution is -2.42. The summed E-state index contributed by atoms with van der Waals surface area (Å²) < 4.78 is 19.2. The van der Waals surface area contributed by atoms with Gasteiger partial charge in [0, 0.05) is 12.1 Å². The first-order valence-electron chi connectivity index (χ1n) is 8.31. The van der Waals surface area contributed by atoms with Crippen molar-refractivity contribution >= 4 is 5.91 Å². The quantitative estimate of drug-likeness (QED) is 0.847. The van der Waals surface area contributed by atoms with Crippen molar-refractivity contribution < 1.29 is 13.9 Å². The molecule has 1 aliphatic heterocycles. The molecule has 0 saturated carbocycles. The second-order valence-electron chi connectivity index (χ2n) is 6.44. The molecule has 126 valence electrons. The predicted octanol–water partition coefficient (Wildman–Crippen LogP) is 4.16. The van der Waals surface area contributed by atoms with Gasteiger partial charge in [0.1, 0.15) is 11.9 Å². The molecule has 4 heteroatoms. The summed E-state index contributed by atoms with van der Waals surface area (Å²) in [6.07, 6.45) is -0.141. The van der Waals surface area contributed by atoms with Crippen molar-refractivity contribution in [2.45, 2.75) is 25.9 Å². The Labute approximate surface area is 142 Å². The number of halogens is 1. The minimum absolute atomic E-state index is 0.141. The molecule has 1 fully saturated rings. The fraction of sp³-hybridized carbons (Fsp3) is 0.350. The fourth-order valence-corrected chi connectivity index (χ4v) is 2.94.